The number of thioether (sulfide) groups is 1. The molecule has 3 rings (SSSR count). The topological polar surface area (TPSA) is 87.7 Å². The Hall–Kier alpha value is -1.59. The van der Waals surface area contributed by atoms with Gasteiger partial charge in [-0.15, -0.1) is 10.2 Å². The van der Waals surface area contributed by atoms with Crippen LogP contribution in [-0.2, 0) is 9.53 Å². The second-order valence-corrected chi connectivity index (χ2v) is 9.41. The number of piperazine rings is 1. The van der Waals surface area contributed by atoms with Crippen molar-refractivity contribution in [3.05, 3.63) is 33.8 Å². The Balaban J connectivity index is 1.48. The van der Waals surface area contributed by atoms with Gasteiger partial charge in [-0.3, -0.25) is 9.59 Å². The molecule has 2 heterocycles. The highest BCUT2D eigenvalue weighted by Crippen LogP contribution is 2.29. The number of nitrogens with zero attached hydrogens (tertiary/aromatic N) is 4. The lowest BCUT2D eigenvalue weighted by Crippen LogP contribution is -2.48. The number of hydrogen-bond acceptors (Lipinski definition) is 8. The van der Waals surface area contributed by atoms with Crippen molar-refractivity contribution in [3.63, 3.8) is 0 Å². The zero-order chi connectivity index (χ0) is 21.5. The van der Waals surface area contributed by atoms with Crippen molar-refractivity contribution in [1.82, 2.24) is 20.4 Å². The Labute approximate surface area is 192 Å². The van der Waals surface area contributed by atoms with E-state index in [9.17, 15) is 9.59 Å². The number of benzene rings is 1. The van der Waals surface area contributed by atoms with E-state index in [1.807, 2.05) is 0 Å². The molecular formula is C18H21Cl2N5O3S2. The molecule has 2 aromatic rings. The van der Waals surface area contributed by atoms with Gasteiger partial charge in [-0.2, -0.15) is 0 Å². The fourth-order valence-corrected chi connectivity index (χ4v) is 5.01. The number of aromatic nitrogens is 2. The number of anilines is 1. The van der Waals surface area contributed by atoms with Crippen molar-refractivity contribution >= 4 is 63.2 Å². The van der Waals surface area contributed by atoms with Crippen LogP contribution in [0, 0.1) is 0 Å². The number of rotatable bonds is 8. The summed E-state index contributed by atoms with van der Waals surface area (Å²) < 4.78 is 5.63. The van der Waals surface area contributed by atoms with Gasteiger partial charge < -0.3 is 19.9 Å². The fraction of sp³-hybridized carbons (Fsp3) is 0.444. The van der Waals surface area contributed by atoms with Crippen LogP contribution in [0.1, 0.15) is 10.4 Å². The molecule has 1 saturated heterocycles. The van der Waals surface area contributed by atoms with Crippen molar-refractivity contribution in [3.8, 4) is 0 Å². The van der Waals surface area contributed by atoms with Crippen molar-refractivity contribution < 1.29 is 14.3 Å². The van der Waals surface area contributed by atoms with Crippen LogP contribution in [-0.4, -0.2) is 79.1 Å². The Morgan fingerprint density at radius 2 is 2.00 bits per heavy atom. The molecule has 12 heteroatoms. The summed E-state index contributed by atoms with van der Waals surface area (Å²) in [5, 5.41) is 12.8. The Morgan fingerprint density at radius 3 is 2.70 bits per heavy atom. The van der Waals surface area contributed by atoms with Crippen molar-refractivity contribution in [2.24, 2.45) is 0 Å². The van der Waals surface area contributed by atoms with Gasteiger partial charge in [-0.05, 0) is 18.2 Å². The highest BCUT2D eigenvalue weighted by molar-refractivity contribution is 8.01. The lowest BCUT2D eigenvalue weighted by Gasteiger charge is -2.34. The Morgan fingerprint density at radius 1 is 1.23 bits per heavy atom. The van der Waals surface area contributed by atoms with Crippen LogP contribution in [0.15, 0.2) is 22.5 Å². The Kier molecular flexibility index (Phi) is 8.58. The van der Waals surface area contributed by atoms with Gasteiger partial charge in [0.2, 0.25) is 11.0 Å². The Bertz CT molecular complexity index is 890. The van der Waals surface area contributed by atoms with E-state index < -0.39 is 0 Å². The average molecular weight is 490 g/mol. The number of methoxy groups -OCH3 is 1. The van der Waals surface area contributed by atoms with Crippen molar-refractivity contribution in [2.75, 3.05) is 57.1 Å². The van der Waals surface area contributed by atoms with Gasteiger partial charge in [0.25, 0.3) is 5.91 Å². The van der Waals surface area contributed by atoms with Crippen LogP contribution in [0.3, 0.4) is 0 Å². The van der Waals surface area contributed by atoms with Gasteiger partial charge in [0.1, 0.15) is 0 Å². The minimum Gasteiger partial charge on any atom is -0.383 e. The van der Waals surface area contributed by atoms with E-state index >= 15 is 0 Å². The number of carbonyl (C=O) groups is 2. The maximum atomic E-state index is 12.7. The number of hydrogen-bond donors (Lipinski definition) is 1. The van der Waals surface area contributed by atoms with Gasteiger partial charge in [-0.1, -0.05) is 46.3 Å². The first-order valence-electron chi connectivity index (χ1n) is 9.19. The summed E-state index contributed by atoms with van der Waals surface area (Å²) in [5.41, 5.74) is 0.452. The molecule has 2 amide bonds. The van der Waals surface area contributed by atoms with Gasteiger partial charge >= 0.3 is 0 Å². The largest absolute Gasteiger partial charge is 0.383 e. The monoisotopic (exact) mass is 489 g/mol. The first-order chi connectivity index (χ1) is 14.5. The highest BCUT2D eigenvalue weighted by atomic mass is 35.5. The molecule has 0 saturated carbocycles. The number of nitrogens with one attached hydrogen (secondary N) is 1. The molecule has 8 nitrogen and oxygen atoms in total. The molecule has 30 heavy (non-hydrogen) atoms. The molecular weight excluding hydrogens is 469 g/mol. The lowest BCUT2D eigenvalue weighted by atomic mass is 10.2. The molecule has 0 bridgehead atoms. The van der Waals surface area contributed by atoms with E-state index in [4.69, 9.17) is 27.9 Å². The molecule has 1 aliphatic heterocycles. The smallest absolute Gasteiger partial charge is 0.255 e. The number of carbonyl (C=O) groups excluding carboxylic acids is 2. The van der Waals surface area contributed by atoms with Crippen LogP contribution in [0.4, 0.5) is 5.13 Å². The average Bonchev–Trinajstić information content (AvgIpc) is 3.21. The van der Waals surface area contributed by atoms with Gasteiger partial charge in [0.15, 0.2) is 4.34 Å². The summed E-state index contributed by atoms with van der Waals surface area (Å²) >= 11 is 14.9. The van der Waals surface area contributed by atoms with Crippen LogP contribution in [0.5, 0.6) is 0 Å². The fourth-order valence-electron chi connectivity index (χ4n) is 2.79. The standard InChI is InChI=1S/C18H21Cl2N5O3S2/c1-28-9-4-21-15(26)11-29-18-23-22-17(30-18)25-7-5-24(6-8-25)16(27)13-3-2-12(19)10-14(13)20/h2-3,10H,4-9,11H2,1H3,(H,21,26). The predicted molar refractivity (Wildman–Crippen MR) is 120 cm³/mol. The van der Waals surface area contributed by atoms with Crippen molar-refractivity contribution in [2.45, 2.75) is 4.34 Å². The van der Waals surface area contributed by atoms with E-state index in [1.165, 1.54) is 23.1 Å². The van der Waals surface area contributed by atoms with Crippen LogP contribution in [0.2, 0.25) is 10.0 Å². The highest BCUT2D eigenvalue weighted by Gasteiger charge is 2.25. The molecule has 162 valence electrons. The van der Waals surface area contributed by atoms with Gasteiger partial charge in [0, 0.05) is 44.9 Å². The summed E-state index contributed by atoms with van der Waals surface area (Å²) in [5.74, 6) is 0.105. The molecule has 1 fully saturated rings. The second-order valence-electron chi connectivity index (χ2n) is 6.39. The molecule has 0 aliphatic carbocycles. The second kappa shape index (κ2) is 11.1. The maximum absolute atomic E-state index is 12.7. The third-order valence-electron chi connectivity index (χ3n) is 4.35. The van der Waals surface area contributed by atoms with E-state index in [2.05, 4.69) is 20.4 Å². The first kappa shape index (κ1) is 23.1. The molecule has 1 aromatic carbocycles. The van der Waals surface area contributed by atoms with E-state index in [0.29, 0.717) is 54.9 Å². The third-order valence-corrected chi connectivity index (χ3v) is 7.02. The van der Waals surface area contributed by atoms with Gasteiger partial charge in [-0.25, -0.2) is 0 Å². The zero-order valence-electron chi connectivity index (χ0n) is 16.3. The van der Waals surface area contributed by atoms with E-state index in [-0.39, 0.29) is 17.6 Å². The molecule has 0 radical (unpaired) electrons. The summed E-state index contributed by atoms with van der Waals surface area (Å²) in [4.78, 5) is 28.4. The number of halogens is 2. The molecule has 1 aliphatic rings. The minimum atomic E-state index is -0.107. The normalized spacial score (nSPS) is 14.1. The van der Waals surface area contributed by atoms with Gasteiger partial charge in [0.05, 0.1) is 22.9 Å². The molecule has 0 atom stereocenters. The summed E-state index contributed by atoms with van der Waals surface area (Å²) in [6.45, 7) is 3.38. The maximum Gasteiger partial charge on any atom is 0.255 e. The zero-order valence-corrected chi connectivity index (χ0v) is 19.4. The molecule has 0 spiro atoms. The molecule has 0 unspecified atom stereocenters. The van der Waals surface area contributed by atoms with Crippen molar-refractivity contribution in [1.29, 1.82) is 0 Å². The third kappa shape index (κ3) is 6.21. The molecule has 1 aromatic heterocycles. The minimum absolute atomic E-state index is 0.0678. The summed E-state index contributed by atoms with van der Waals surface area (Å²) in [6, 6.07) is 4.89. The van der Waals surface area contributed by atoms with E-state index in [1.54, 1.807) is 30.2 Å². The SMILES string of the molecule is COCCNC(=O)CSc1nnc(N2CCN(C(=O)c3ccc(Cl)cc3Cl)CC2)s1. The summed E-state index contributed by atoms with van der Waals surface area (Å²) in [6.07, 6.45) is 0. The predicted octanol–water partition coefficient (Wildman–Crippen LogP) is 2.66. The lowest BCUT2D eigenvalue weighted by molar-refractivity contribution is -0.118. The first-order valence-corrected chi connectivity index (χ1v) is 11.7. The summed E-state index contributed by atoms with van der Waals surface area (Å²) in [7, 11) is 1.59. The van der Waals surface area contributed by atoms with Crippen LogP contribution in [0.25, 0.3) is 0 Å². The number of amides is 2. The van der Waals surface area contributed by atoms with E-state index in [0.717, 1.165) is 9.47 Å². The number of ether oxygens (including phenoxy) is 1. The van der Waals surface area contributed by atoms with Crippen LogP contribution < -0.4 is 10.2 Å². The quantitative estimate of drug-likeness (QED) is 0.450. The van der Waals surface area contributed by atoms with Crippen LogP contribution >= 0.6 is 46.3 Å². The molecule has 1 N–H and O–H groups in total.